The van der Waals surface area contributed by atoms with Gasteiger partial charge in [-0.15, -0.1) is 11.6 Å². The molecule has 1 aromatic carbocycles. The summed E-state index contributed by atoms with van der Waals surface area (Å²) in [5.74, 6) is -1.19. The first-order valence-electron chi connectivity index (χ1n) is 5.17. The molecule has 1 aliphatic carbocycles. The third-order valence-corrected chi connectivity index (χ3v) is 3.96. The Morgan fingerprint density at radius 2 is 2.06 bits per heavy atom. The Morgan fingerprint density at radius 1 is 1.38 bits per heavy atom. The molecule has 1 aliphatic rings. The minimum Gasteiger partial charge on any atom is -0.487 e. The van der Waals surface area contributed by atoms with Crippen LogP contribution in [0.25, 0.3) is 0 Å². The highest BCUT2D eigenvalue weighted by Gasteiger charge is 2.49. The van der Waals surface area contributed by atoms with Gasteiger partial charge >= 0.3 is 0 Å². The van der Waals surface area contributed by atoms with E-state index in [1.54, 1.807) is 0 Å². The molecule has 0 aliphatic heterocycles. The summed E-state index contributed by atoms with van der Waals surface area (Å²) in [6.45, 7) is 3.94. The molecule has 1 fully saturated rings. The van der Waals surface area contributed by atoms with Crippen molar-refractivity contribution in [2.24, 2.45) is 5.41 Å². The lowest BCUT2D eigenvalue weighted by Gasteiger charge is -2.48. The van der Waals surface area contributed by atoms with Gasteiger partial charge < -0.3 is 4.74 Å². The Bertz CT molecular complexity index is 406. The molecule has 1 aromatic rings. The van der Waals surface area contributed by atoms with Crippen LogP contribution in [0.15, 0.2) is 18.2 Å². The Labute approximate surface area is 98.4 Å². The van der Waals surface area contributed by atoms with Gasteiger partial charge in [0.25, 0.3) is 0 Å². The van der Waals surface area contributed by atoms with Crippen LogP contribution in [0.4, 0.5) is 8.78 Å². The predicted octanol–water partition coefficient (Wildman–Crippen LogP) is 3.75. The Hall–Kier alpha value is -0.830. The molecule has 2 rings (SSSR count). The zero-order valence-corrected chi connectivity index (χ0v) is 9.89. The highest BCUT2D eigenvalue weighted by molar-refractivity contribution is 6.21. The monoisotopic (exact) mass is 246 g/mol. The number of alkyl halides is 1. The molecule has 0 amide bonds. The second-order valence-corrected chi connectivity index (χ2v) is 5.23. The summed E-state index contributed by atoms with van der Waals surface area (Å²) < 4.78 is 31.5. The summed E-state index contributed by atoms with van der Waals surface area (Å²) in [7, 11) is 0. The van der Waals surface area contributed by atoms with E-state index >= 15 is 0 Å². The second-order valence-electron chi connectivity index (χ2n) is 4.71. The molecule has 0 spiro atoms. The lowest BCUT2D eigenvalue weighted by Crippen LogP contribution is -2.53. The number of rotatable bonds is 2. The van der Waals surface area contributed by atoms with Gasteiger partial charge in [-0.05, 0) is 12.1 Å². The molecular weight excluding hydrogens is 234 g/mol. The van der Waals surface area contributed by atoms with Crippen LogP contribution in [0.1, 0.15) is 20.3 Å². The van der Waals surface area contributed by atoms with Crippen molar-refractivity contribution in [2.75, 3.05) is 0 Å². The maximum absolute atomic E-state index is 13.3. The molecule has 2 unspecified atom stereocenters. The fraction of sp³-hybridized carbons (Fsp3) is 0.500. The van der Waals surface area contributed by atoms with E-state index < -0.39 is 11.6 Å². The highest BCUT2D eigenvalue weighted by atomic mass is 35.5. The smallest absolute Gasteiger partial charge is 0.167 e. The molecule has 4 heteroatoms. The second kappa shape index (κ2) is 3.88. The van der Waals surface area contributed by atoms with E-state index in [2.05, 4.69) is 0 Å². The summed E-state index contributed by atoms with van der Waals surface area (Å²) in [6, 6.07) is 3.31. The third kappa shape index (κ3) is 1.88. The molecule has 2 atom stereocenters. The average Bonchev–Trinajstić information content (AvgIpc) is 2.21. The van der Waals surface area contributed by atoms with Crippen molar-refractivity contribution in [3.63, 3.8) is 0 Å². The standard InChI is InChI=1S/C12H13ClF2O/c1-12(2)10(13)6-11(12)16-9-4-3-7(14)5-8(9)15/h3-5,10-11H,6H2,1-2H3. The molecule has 1 saturated carbocycles. The van der Waals surface area contributed by atoms with Gasteiger partial charge in [-0.1, -0.05) is 13.8 Å². The molecule has 0 saturated heterocycles. The van der Waals surface area contributed by atoms with Gasteiger partial charge in [-0.25, -0.2) is 8.78 Å². The largest absolute Gasteiger partial charge is 0.487 e. The van der Waals surface area contributed by atoms with Gasteiger partial charge in [0.1, 0.15) is 11.9 Å². The maximum Gasteiger partial charge on any atom is 0.167 e. The van der Waals surface area contributed by atoms with Crippen molar-refractivity contribution in [1.82, 2.24) is 0 Å². The first kappa shape index (κ1) is 11.6. The summed E-state index contributed by atoms with van der Waals surface area (Å²) in [5.41, 5.74) is -0.178. The van der Waals surface area contributed by atoms with Crippen molar-refractivity contribution in [3.8, 4) is 5.75 Å². The van der Waals surface area contributed by atoms with Crippen molar-refractivity contribution in [3.05, 3.63) is 29.8 Å². The molecule has 0 N–H and O–H groups in total. The molecule has 0 bridgehead atoms. The number of hydrogen-bond donors (Lipinski definition) is 0. The van der Waals surface area contributed by atoms with E-state index in [1.165, 1.54) is 12.1 Å². The highest BCUT2D eigenvalue weighted by Crippen LogP contribution is 2.46. The average molecular weight is 247 g/mol. The topological polar surface area (TPSA) is 9.23 Å². The van der Waals surface area contributed by atoms with Crippen LogP contribution in [0.5, 0.6) is 5.75 Å². The van der Waals surface area contributed by atoms with E-state index in [-0.39, 0.29) is 22.6 Å². The summed E-state index contributed by atoms with van der Waals surface area (Å²) in [6.07, 6.45) is 0.570. The Kier molecular flexibility index (Phi) is 2.82. The molecular formula is C12H13ClF2O. The van der Waals surface area contributed by atoms with E-state index in [1.807, 2.05) is 13.8 Å². The number of halogens is 3. The normalized spacial score (nSPS) is 27.3. The molecule has 0 radical (unpaired) electrons. The van der Waals surface area contributed by atoms with Crippen LogP contribution >= 0.6 is 11.6 Å². The predicted molar refractivity (Wildman–Crippen MR) is 58.8 cm³/mol. The molecule has 1 nitrogen and oxygen atoms in total. The van der Waals surface area contributed by atoms with Crippen LogP contribution in [0, 0.1) is 17.0 Å². The lowest BCUT2D eigenvalue weighted by atomic mass is 9.68. The zero-order chi connectivity index (χ0) is 11.9. The van der Waals surface area contributed by atoms with Crippen molar-refractivity contribution >= 4 is 11.6 Å². The van der Waals surface area contributed by atoms with Crippen molar-refractivity contribution in [2.45, 2.75) is 31.7 Å². The van der Waals surface area contributed by atoms with Gasteiger partial charge in [0.15, 0.2) is 11.6 Å². The van der Waals surface area contributed by atoms with Crippen molar-refractivity contribution < 1.29 is 13.5 Å². The summed E-state index contributed by atoms with van der Waals surface area (Å²) in [4.78, 5) is 0. The summed E-state index contributed by atoms with van der Waals surface area (Å²) in [5, 5.41) is 0.0426. The quantitative estimate of drug-likeness (QED) is 0.722. The minimum absolute atomic E-state index is 0.0426. The van der Waals surface area contributed by atoms with E-state index in [4.69, 9.17) is 16.3 Å². The van der Waals surface area contributed by atoms with E-state index in [9.17, 15) is 8.78 Å². The third-order valence-electron chi connectivity index (χ3n) is 3.22. The maximum atomic E-state index is 13.3. The van der Waals surface area contributed by atoms with Gasteiger partial charge in [-0.2, -0.15) is 0 Å². The number of benzene rings is 1. The van der Waals surface area contributed by atoms with Crippen LogP contribution < -0.4 is 4.74 Å². The fourth-order valence-electron chi connectivity index (χ4n) is 1.76. The Morgan fingerprint density at radius 3 is 2.56 bits per heavy atom. The summed E-state index contributed by atoms with van der Waals surface area (Å²) >= 11 is 6.03. The van der Waals surface area contributed by atoms with E-state index in [0.29, 0.717) is 6.42 Å². The van der Waals surface area contributed by atoms with Crippen LogP contribution in [0.2, 0.25) is 0 Å². The minimum atomic E-state index is -0.672. The van der Waals surface area contributed by atoms with Gasteiger partial charge in [0, 0.05) is 23.3 Å². The molecule has 0 aromatic heterocycles. The fourth-order valence-corrected chi connectivity index (χ4v) is 2.06. The SMILES string of the molecule is CC1(C)C(Cl)CC1Oc1ccc(F)cc1F. The number of ether oxygens (including phenoxy) is 1. The van der Waals surface area contributed by atoms with Crippen LogP contribution in [0.3, 0.4) is 0 Å². The van der Waals surface area contributed by atoms with Crippen LogP contribution in [-0.4, -0.2) is 11.5 Å². The van der Waals surface area contributed by atoms with E-state index in [0.717, 1.165) is 6.07 Å². The van der Waals surface area contributed by atoms with Crippen LogP contribution in [-0.2, 0) is 0 Å². The molecule has 0 heterocycles. The number of hydrogen-bond acceptors (Lipinski definition) is 1. The van der Waals surface area contributed by atoms with Gasteiger partial charge in [0.2, 0.25) is 0 Å². The molecule has 88 valence electrons. The van der Waals surface area contributed by atoms with Gasteiger partial charge in [-0.3, -0.25) is 0 Å². The first-order chi connectivity index (χ1) is 7.41. The lowest BCUT2D eigenvalue weighted by molar-refractivity contribution is -0.0153. The Balaban J connectivity index is 2.11. The van der Waals surface area contributed by atoms with Crippen molar-refractivity contribution in [1.29, 1.82) is 0 Å². The zero-order valence-electron chi connectivity index (χ0n) is 9.14. The first-order valence-corrected chi connectivity index (χ1v) is 5.60. The molecule has 16 heavy (non-hydrogen) atoms. The van der Waals surface area contributed by atoms with Gasteiger partial charge in [0.05, 0.1) is 0 Å².